The third kappa shape index (κ3) is 17.3. The molecule has 4 heteroatoms. The second-order valence-electron chi connectivity index (χ2n) is 19.9. The summed E-state index contributed by atoms with van der Waals surface area (Å²) in [7, 11) is 0. The molecule has 342 valence electrons. The molecule has 0 amide bonds. The summed E-state index contributed by atoms with van der Waals surface area (Å²) in [6, 6.07) is 76.0. The summed E-state index contributed by atoms with van der Waals surface area (Å²) in [6.07, 6.45) is 8.46. The van der Waals surface area contributed by atoms with Crippen LogP contribution in [-0.4, -0.2) is 73.5 Å². The van der Waals surface area contributed by atoms with Crippen LogP contribution >= 0.6 is 0 Å². The number of rotatable bonds is 16. The van der Waals surface area contributed by atoms with E-state index in [0.717, 1.165) is 0 Å². The van der Waals surface area contributed by atoms with Crippen molar-refractivity contribution < 1.29 is 0 Å². The molecular formula is C61H82Sn4. The van der Waals surface area contributed by atoms with Crippen molar-refractivity contribution in [3.8, 4) is 0 Å². The van der Waals surface area contributed by atoms with Crippen LogP contribution in [0.15, 0.2) is 206 Å². The Hall–Kier alpha value is -2.27. The third-order valence-corrected chi connectivity index (χ3v) is 53.9. The van der Waals surface area contributed by atoms with E-state index in [4.69, 9.17) is 0 Å². The fraction of sp³-hybridized carbons (Fsp3) is 0.311. The summed E-state index contributed by atoms with van der Waals surface area (Å²) in [4.78, 5) is 14.6. The Morgan fingerprint density at radius 1 is 0.277 bits per heavy atom. The molecule has 0 unspecified atom stereocenters. The molecule has 7 rings (SSSR count). The first-order valence-electron chi connectivity index (χ1n) is 24.7. The fourth-order valence-corrected chi connectivity index (χ4v) is 45.2. The van der Waals surface area contributed by atoms with Gasteiger partial charge in [-0.1, -0.05) is 0 Å². The quantitative estimate of drug-likeness (QED) is 0.0846. The van der Waals surface area contributed by atoms with Gasteiger partial charge in [0, 0.05) is 0 Å². The molecule has 7 aromatic carbocycles. The molecule has 7 aromatic rings. The molecule has 0 saturated heterocycles. The van der Waals surface area contributed by atoms with Gasteiger partial charge in [-0.3, -0.25) is 0 Å². The summed E-state index contributed by atoms with van der Waals surface area (Å²) < 4.78 is 15.7. The van der Waals surface area contributed by atoms with Gasteiger partial charge >= 0.3 is 420 Å². The molecule has 0 spiro atoms. The Morgan fingerprint density at radius 3 is 0.738 bits per heavy atom. The van der Waals surface area contributed by atoms with E-state index in [9.17, 15) is 0 Å². The van der Waals surface area contributed by atoms with E-state index in [1.165, 1.54) is 58.4 Å². The van der Waals surface area contributed by atoms with E-state index < -0.39 is 73.5 Å². The zero-order valence-corrected chi connectivity index (χ0v) is 53.4. The van der Waals surface area contributed by atoms with E-state index in [0.29, 0.717) is 0 Å². The Kier molecular flexibility index (Phi) is 24.6. The number of aryl methyl sites for hydroxylation is 1. The van der Waals surface area contributed by atoms with Crippen molar-refractivity contribution in [2.45, 2.75) is 109 Å². The molecule has 65 heavy (non-hydrogen) atoms. The van der Waals surface area contributed by atoms with Crippen LogP contribution in [0.1, 0.15) is 64.9 Å². The first-order chi connectivity index (χ1) is 31.3. The van der Waals surface area contributed by atoms with E-state index in [-0.39, 0.29) is 0 Å². The second kappa shape index (κ2) is 28.9. The molecule has 0 aromatic heterocycles. The maximum absolute atomic E-state index is 3.31. The van der Waals surface area contributed by atoms with Crippen LogP contribution in [0.3, 0.4) is 0 Å². The van der Waals surface area contributed by atoms with Crippen LogP contribution in [0.25, 0.3) is 0 Å². The third-order valence-electron chi connectivity index (χ3n) is 12.8. The molecule has 0 fully saturated rings. The van der Waals surface area contributed by atoms with Gasteiger partial charge in [0.2, 0.25) is 0 Å². The van der Waals surface area contributed by atoms with Crippen molar-refractivity contribution in [3.05, 3.63) is 212 Å². The van der Waals surface area contributed by atoms with Crippen molar-refractivity contribution >= 4 is 98.6 Å². The average Bonchev–Trinajstić information content (AvgIpc) is 3.34. The predicted molar refractivity (Wildman–Crippen MR) is 305 cm³/mol. The van der Waals surface area contributed by atoms with Crippen LogP contribution in [0.4, 0.5) is 0 Å². The first kappa shape index (κ1) is 55.3. The molecule has 0 bridgehead atoms. The number of hydrogen-bond acceptors (Lipinski definition) is 0. The van der Waals surface area contributed by atoms with Crippen molar-refractivity contribution in [3.63, 3.8) is 0 Å². The van der Waals surface area contributed by atoms with E-state index in [1.807, 2.05) is 0 Å². The van der Waals surface area contributed by atoms with Gasteiger partial charge in [-0.2, -0.15) is 0 Å². The van der Waals surface area contributed by atoms with Crippen molar-refractivity contribution in [1.29, 1.82) is 0 Å². The molecule has 0 nitrogen and oxygen atoms in total. The predicted octanol–water partition coefficient (Wildman–Crippen LogP) is 13.6. The monoisotopic (exact) mass is 1290 g/mol. The number of unbranched alkanes of at least 4 members (excludes halogenated alkanes) is 3. The minimum atomic E-state index is -3.31. The van der Waals surface area contributed by atoms with Gasteiger partial charge in [0.15, 0.2) is 0 Å². The molecule has 0 N–H and O–H groups in total. The zero-order valence-electron chi connectivity index (χ0n) is 42.0. The number of benzene rings is 7. The average molecular weight is 1290 g/mol. The molecule has 0 aliphatic rings. The van der Waals surface area contributed by atoms with Gasteiger partial charge < -0.3 is 0 Å². The van der Waals surface area contributed by atoms with Gasteiger partial charge in [-0.05, 0) is 0 Å². The molecule has 0 aliphatic heterocycles. The Morgan fingerprint density at radius 2 is 0.508 bits per heavy atom. The van der Waals surface area contributed by atoms with Crippen molar-refractivity contribution in [1.82, 2.24) is 0 Å². The van der Waals surface area contributed by atoms with Crippen molar-refractivity contribution in [2.75, 3.05) is 0 Å². The molecule has 0 radical (unpaired) electrons. The standard InChI is InChI=1S/C7H7.6C6H5.3C4H9.6CH3.4Sn/c1-7-5-3-2-4-6-7;6*1-2-4-6-5-3-1;3*1-3-4-2;;;;;;;;;;/h3-6H,1H3;6*1-5H;3*1,3-4H2,2H3;6*1H3;;;;. The van der Waals surface area contributed by atoms with Gasteiger partial charge in [-0.25, -0.2) is 0 Å². The summed E-state index contributed by atoms with van der Waals surface area (Å²) in [5.41, 5.74) is 1.37. The number of hydrogen-bond donors (Lipinski definition) is 0. The van der Waals surface area contributed by atoms with E-state index in [2.05, 4.69) is 264 Å². The molecule has 0 heterocycles. The summed E-state index contributed by atoms with van der Waals surface area (Å²) in [6.45, 7) is 9.19. The van der Waals surface area contributed by atoms with Crippen LogP contribution in [-0.2, 0) is 0 Å². The molecule has 0 aliphatic carbocycles. The fourth-order valence-electron chi connectivity index (χ4n) is 8.89. The molecular weight excluding hydrogens is 1210 g/mol. The minimum absolute atomic E-state index is 1.36. The SMILES string of the molecule is CCC[CH2][Sn]([CH2]CCC)([CH2]CCC)[c]1ccccc1.Cc1cc[c]([Sn]([CH3])([CH3])[CH3])cc1.[CH3][Sn]([CH3])([CH3])[c]1ccccc1.c1cc[c]([Sn]([c]2ccccc2)([c]2ccccc2)[c]2ccccc2)cc1. The van der Waals surface area contributed by atoms with Gasteiger partial charge in [0.25, 0.3) is 0 Å². The van der Waals surface area contributed by atoms with E-state index in [1.54, 1.807) is 24.0 Å². The molecule has 0 atom stereocenters. The van der Waals surface area contributed by atoms with Crippen LogP contribution in [0, 0.1) is 6.92 Å². The summed E-state index contributed by atoms with van der Waals surface area (Å²) >= 11 is -8.86. The van der Waals surface area contributed by atoms with Gasteiger partial charge in [0.1, 0.15) is 0 Å². The van der Waals surface area contributed by atoms with Crippen molar-refractivity contribution in [2.24, 2.45) is 0 Å². The Bertz CT molecular complexity index is 2080. The summed E-state index contributed by atoms with van der Waals surface area (Å²) in [5, 5.41) is 0. The zero-order chi connectivity index (χ0) is 47.0. The van der Waals surface area contributed by atoms with Gasteiger partial charge in [0.05, 0.1) is 0 Å². The topological polar surface area (TPSA) is 0 Å². The summed E-state index contributed by atoms with van der Waals surface area (Å²) in [5.74, 6) is 0. The van der Waals surface area contributed by atoms with Crippen LogP contribution in [0.5, 0.6) is 0 Å². The molecule has 0 saturated carbocycles. The first-order valence-corrected chi connectivity index (χ1v) is 57.9. The van der Waals surface area contributed by atoms with Gasteiger partial charge in [-0.15, -0.1) is 0 Å². The second-order valence-corrected chi connectivity index (χ2v) is 73.0. The Balaban J connectivity index is 0.000000204. The maximum atomic E-state index is 2.46. The Labute approximate surface area is 414 Å². The van der Waals surface area contributed by atoms with Crippen LogP contribution in [0.2, 0.25) is 42.9 Å². The van der Waals surface area contributed by atoms with E-state index >= 15 is 0 Å². The normalized spacial score (nSPS) is 11.5. The van der Waals surface area contributed by atoms with Crippen LogP contribution < -0.4 is 25.1 Å².